The number of fused-ring (bicyclic) bond motifs is 1. The van der Waals surface area contributed by atoms with E-state index in [4.69, 9.17) is 9.15 Å². The van der Waals surface area contributed by atoms with Crippen LogP contribution in [0.3, 0.4) is 0 Å². The van der Waals surface area contributed by atoms with E-state index in [1.807, 2.05) is 0 Å². The number of benzene rings is 2. The average Bonchev–Trinajstić information content (AvgIpc) is 2.56. The molecule has 3 aromatic rings. The summed E-state index contributed by atoms with van der Waals surface area (Å²) in [6.07, 6.45) is -0.626. The third-order valence-corrected chi connectivity index (χ3v) is 3.41. The van der Waals surface area contributed by atoms with Gasteiger partial charge in [0.25, 0.3) is 0 Å². The summed E-state index contributed by atoms with van der Waals surface area (Å²) in [5.74, 6) is -0.465. The largest absolute Gasteiger partial charge is 0.453 e. The Hall–Kier alpha value is -3.15. The summed E-state index contributed by atoms with van der Waals surface area (Å²) in [4.78, 5) is 23.9. The Labute approximate surface area is 136 Å². The maximum atomic E-state index is 14.0. The number of anilines is 1. The van der Waals surface area contributed by atoms with Crippen LogP contribution in [-0.2, 0) is 4.74 Å². The molecule has 2 aromatic carbocycles. The van der Waals surface area contributed by atoms with E-state index in [0.717, 1.165) is 0 Å². The van der Waals surface area contributed by atoms with Crippen molar-refractivity contribution in [2.75, 3.05) is 11.9 Å². The first-order valence-electron chi connectivity index (χ1n) is 7.35. The Morgan fingerprint density at radius 1 is 1.21 bits per heavy atom. The lowest BCUT2D eigenvalue weighted by Gasteiger charge is -2.11. The maximum Gasteiger partial charge on any atom is 0.411 e. The van der Waals surface area contributed by atoms with Crippen LogP contribution in [0.25, 0.3) is 22.3 Å². The van der Waals surface area contributed by atoms with Crippen LogP contribution in [0.4, 0.5) is 14.9 Å². The molecule has 0 spiro atoms. The Morgan fingerprint density at radius 2 is 2.00 bits per heavy atom. The summed E-state index contributed by atoms with van der Waals surface area (Å²) in [5.41, 5.74) is 0.366. The van der Waals surface area contributed by atoms with Gasteiger partial charge in [-0.05, 0) is 31.2 Å². The van der Waals surface area contributed by atoms with E-state index < -0.39 is 11.9 Å². The van der Waals surface area contributed by atoms with Crippen LogP contribution in [0, 0.1) is 5.82 Å². The normalized spacial score (nSPS) is 10.6. The SMILES string of the molecule is CCOC(=O)Nc1ccccc1-c1cc(=O)c2cccc(F)c2o1. The van der Waals surface area contributed by atoms with Crippen LogP contribution >= 0.6 is 0 Å². The molecule has 0 bridgehead atoms. The molecule has 0 fully saturated rings. The Balaban J connectivity index is 2.13. The smallest absolute Gasteiger partial charge is 0.411 e. The Bertz CT molecular complexity index is 965. The summed E-state index contributed by atoms with van der Waals surface area (Å²) in [6, 6.07) is 12.2. The van der Waals surface area contributed by atoms with Crippen LogP contribution in [0.2, 0.25) is 0 Å². The molecule has 0 saturated heterocycles. The molecule has 0 aliphatic heterocycles. The number of ether oxygens (including phenoxy) is 1. The quantitative estimate of drug-likeness (QED) is 0.784. The summed E-state index contributed by atoms with van der Waals surface area (Å²) >= 11 is 0. The monoisotopic (exact) mass is 327 g/mol. The zero-order valence-corrected chi connectivity index (χ0v) is 12.8. The number of hydrogen-bond donors (Lipinski definition) is 1. The number of rotatable bonds is 3. The second-order valence-corrected chi connectivity index (χ2v) is 4.98. The van der Waals surface area contributed by atoms with Crippen molar-refractivity contribution >= 4 is 22.7 Å². The molecule has 24 heavy (non-hydrogen) atoms. The summed E-state index contributed by atoms with van der Waals surface area (Å²) in [5, 5.41) is 2.74. The van der Waals surface area contributed by atoms with E-state index in [0.29, 0.717) is 11.3 Å². The van der Waals surface area contributed by atoms with Gasteiger partial charge in [-0.25, -0.2) is 9.18 Å². The van der Waals surface area contributed by atoms with E-state index in [1.54, 1.807) is 31.2 Å². The van der Waals surface area contributed by atoms with Gasteiger partial charge in [-0.3, -0.25) is 10.1 Å². The van der Waals surface area contributed by atoms with Crippen LogP contribution in [0.15, 0.2) is 57.7 Å². The van der Waals surface area contributed by atoms with E-state index >= 15 is 0 Å². The van der Waals surface area contributed by atoms with Crippen molar-refractivity contribution in [3.63, 3.8) is 0 Å². The van der Waals surface area contributed by atoms with Crippen molar-refractivity contribution in [3.05, 3.63) is 64.6 Å². The zero-order valence-electron chi connectivity index (χ0n) is 12.8. The molecule has 122 valence electrons. The summed E-state index contributed by atoms with van der Waals surface area (Å²) in [6.45, 7) is 1.92. The molecule has 3 rings (SSSR count). The molecule has 0 atom stereocenters. The lowest BCUT2D eigenvalue weighted by Crippen LogP contribution is -2.14. The molecule has 5 nitrogen and oxygen atoms in total. The van der Waals surface area contributed by atoms with Gasteiger partial charge in [0.1, 0.15) is 5.76 Å². The van der Waals surface area contributed by atoms with Crippen LogP contribution < -0.4 is 10.7 Å². The number of halogens is 1. The molecular weight excluding hydrogens is 313 g/mol. The number of carbonyl (C=O) groups is 1. The summed E-state index contributed by atoms with van der Waals surface area (Å²) in [7, 11) is 0. The van der Waals surface area contributed by atoms with Crippen molar-refractivity contribution in [2.45, 2.75) is 6.92 Å². The van der Waals surface area contributed by atoms with Crippen LogP contribution in [0.5, 0.6) is 0 Å². The highest BCUT2D eigenvalue weighted by molar-refractivity contribution is 5.91. The Morgan fingerprint density at radius 3 is 2.79 bits per heavy atom. The fourth-order valence-corrected chi connectivity index (χ4v) is 2.36. The van der Waals surface area contributed by atoms with Gasteiger partial charge < -0.3 is 9.15 Å². The molecule has 6 heteroatoms. The predicted octanol–water partition coefficient (Wildman–Crippen LogP) is 4.17. The van der Waals surface area contributed by atoms with E-state index in [9.17, 15) is 14.0 Å². The molecule has 0 unspecified atom stereocenters. The number of carbonyl (C=O) groups excluding carboxylic acids is 1. The fourth-order valence-electron chi connectivity index (χ4n) is 2.36. The van der Waals surface area contributed by atoms with Gasteiger partial charge in [0.05, 0.1) is 17.7 Å². The second kappa shape index (κ2) is 6.54. The van der Waals surface area contributed by atoms with Gasteiger partial charge in [-0.2, -0.15) is 0 Å². The van der Waals surface area contributed by atoms with E-state index in [2.05, 4.69) is 5.32 Å². The molecular formula is C18H14FNO4. The third-order valence-electron chi connectivity index (χ3n) is 3.41. The molecule has 0 radical (unpaired) electrons. The summed E-state index contributed by atoms with van der Waals surface area (Å²) < 4.78 is 24.4. The topological polar surface area (TPSA) is 68.5 Å². The molecule has 1 heterocycles. The van der Waals surface area contributed by atoms with Crippen LogP contribution in [-0.4, -0.2) is 12.7 Å². The van der Waals surface area contributed by atoms with Gasteiger partial charge in [0.2, 0.25) is 0 Å². The van der Waals surface area contributed by atoms with Crippen LogP contribution in [0.1, 0.15) is 6.92 Å². The minimum Gasteiger partial charge on any atom is -0.453 e. The molecule has 0 aliphatic carbocycles. The molecule has 1 aromatic heterocycles. The molecule has 0 aliphatic rings. The Kier molecular flexibility index (Phi) is 4.29. The first-order valence-corrected chi connectivity index (χ1v) is 7.35. The van der Waals surface area contributed by atoms with Gasteiger partial charge in [-0.1, -0.05) is 18.2 Å². The highest BCUT2D eigenvalue weighted by atomic mass is 19.1. The maximum absolute atomic E-state index is 14.0. The fraction of sp³-hybridized carbons (Fsp3) is 0.111. The van der Waals surface area contributed by atoms with Crippen molar-refractivity contribution in [2.24, 2.45) is 0 Å². The van der Waals surface area contributed by atoms with Gasteiger partial charge >= 0.3 is 6.09 Å². The van der Waals surface area contributed by atoms with Gasteiger partial charge in [0.15, 0.2) is 16.8 Å². The molecule has 1 amide bonds. The first-order chi connectivity index (χ1) is 11.6. The minimum absolute atomic E-state index is 0.120. The van der Waals surface area contributed by atoms with Gasteiger partial charge in [-0.15, -0.1) is 0 Å². The van der Waals surface area contributed by atoms with Crippen molar-refractivity contribution in [1.29, 1.82) is 0 Å². The molecule has 1 N–H and O–H groups in total. The number of hydrogen-bond acceptors (Lipinski definition) is 4. The van der Waals surface area contributed by atoms with E-state index in [-0.39, 0.29) is 28.8 Å². The standard InChI is InChI=1S/C18H14FNO4/c1-2-23-18(22)20-14-9-4-3-6-11(14)16-10-15(21)12-7-5-8-13(19)17(12)24-16/h3-10H,2H2,1H3,(H,20,22). The predicted molar refractivity (Wildman–Crippen MR) is 88.5 cm³/mol. The number of para-hydroxylation sites is 2. The lowest BCUT2D eigenvalue weighted by atomic mass is 10.1. The second-order valence-electron chi connectivity index (χ2n) is 4.98. The zero-order chi connectivity index (χ0) is 17.1. The average molecular weight is 327 g/mol. The van der Waals surface area contributed by atoms with Gasteiger partial charge in [0, 0.05) is 11.6 Å². The first kappa shape index (κ1) is 15.7. The van der Waals surface area contributed by atoms with Crippen molar-refractivity contribution in [1.82, 2.24) is 0 Å². The third kappa shape index (κ3) is 2.99. The number of nitrogens with one attached hydrogen (secondary N) is 1. The molecule has 0 saturated carbocycles. The highest BCUT2D eigenvalue weighted by Crippen LogP contribution is 2.29. The lowest BCUT2D eigenvalue weighted by molar-refractivity contribution is 0.168. The minimum atomic E-state index is -0.626. The number of amides is 1. The van der Waals surface area contributed by atoms with Crippen molar-refractivity contribution < 1.29 is 18.3 Å². The highest BCUT2D eigenvalue weighted by Gasteiger charge is 2.14. The van der Waals surface area contributed by atoms with Crippen molar-refractivity contribution in [3.8, 4) is 11.3 Å². The van der Waals surface area contributed by atoms with E-state index in [1.165, 1.54) is 24.3 Å².